The SMILES string of the molecule is CCOc1ccc(C(=O)OCC(=O)Nc2ccc(C(N)=O)cc2)cc1OC. The highest BCUT2D eigenvalue weighted by atomic mass is 16.5. The molecule has 2 rings (SSSR count). The second-order valence-electron chi connectivity index (χ2n) is 5.36. The summed E-state index contributed by atoms with van der Waals surface area (Å²) in [6, 6.07) is 10.6. The van der Waals surface area contributed by atoms with Gasteiger partial charge in [-0.25, -0.2) is 4.79 Å². The fourth-order valence-electron chi connectivity index (χ4n) is 2.20. The lowest BCUT2D eigenvalue weighted by Gasteiger charge is -2.11. The minimum atomic E-state index is -0.671. The fourth-order valence-corrected chi connectivity index (χ4v) is 2.20. The molecule has 8 heteroatoms. The van der Waals surface area contributed by atoms with E-state index in [4.69, 9.17) is 19.9 Å². The van der Waals surface area contributed by atoms with Crippen LogP contribution in [0.25, 0.3) is 0 Å². The Morgan fingerprint density at radius 1 is 1.00 bits per heavy atom. The van der Waals surface area contributed by atoms with Crippen LogP contribution < -0.4 is 20.5 Å². The molecule has 0 spiro atoms. The monoisotopic (exact) mass is 372 g/mol. The van der Waals surface area contributed by atoms with Gasteiger partial charge in [-0.3, -0.25) is 9.59 Å². The van der Waals surface area contributed by atoms with Crippen LogP contribution in [0.5, 0.6) is 11.5 Å². The molecule has 0 bridgehead atoms. The molecule has 2 aromatic carbocycles. The van der Waals surface area contributed by atoms with E-state index in [9.17, 15) is 14.4 Å². The molecule has 0 radical (unpaired) electrons. The van der Waals surface area contributed by atoms with Crippen molar-refractivity contribution < 1.29 is 28.6 Å². The van der Waals surface area contributed by atoms with Gasteiger partial charge in [0.15, 0.2) is 18.1 Å². The molecule has 0 heterocycles. The Balaban J connectivity index is 1.92. The minimum Gasteiger partial charge on any atom is -0.493 e. The molecule has 0 aliphatic carbocycles. The van der Waals surface area contributed by atoms with Crippen LogP contribution in [-0.4, -0.2) is 38.1 Å². The Kier molecular flexibility index (Phi) is 6.76. The highest BCUT2D eigenvalue weighted by Gasteiger charge is 2.14. The van der Waals surface area contributed by atoms with Gasteiger partial charge in [0.05, 0.1) is 19.3 Å². The van der Waals surface area contributed by atoms with Crippen molar-refractivity contribution in [2.45, 2.75) is 6.92 Å². The first-order valence-electron chi connectivity index (χ1n) is 8.12. The Morgan fingerprint density at radius 2 is 1.67 bits per heavy atom. The average Bonchev–Trinajstić information content (AvgIpc) is 2.67. The van der Waals surface area contributed by atoms with Crippen LogP contribution in [0.3, 0.4) is 0 Å². The summed E-state index contributed by atoms with van der Waals surface area (Å²) in [6.45, 7) is 1.83. The third-order valence-electron chi connectivity index (χ3n) is 3.49. The molecule has 0 aliphatic heterocycles. The molecule has 0 aromatic heterocycles. The second kappa shape index (κ2) is 9.23. The number of carbonyl (C=O) groups excluding carboxylic acids is 3. The average molecular weight is 372 g/mol. The Morgan fingerprint density at radius 3 is 2.26 bits per heavy atom. The van der Waals surface area contributed by atoms with Gasteiger partial charge in [0, 0.05) is 11.3 Å². The third-order valence-corrected chi connectivity index (χ3v) is 3.49. The van der Waals surface area contributed by atoms with E-state index in [1.54, 1.807) is 6.07 Å². The van der Waals surface area contributed by atoms with Gasteiger partial charge >= 0.3 is 5.97 Å². The smallest absolute Gasteiger partial charge is 0.338 e. The number of nitrogens with one attached hydrogen (secondary N) is 1. The Labute approximate surface area is 156 Å². The molecule has 0 saturated carbocycles. The number of amides is 2. The summed E-state index contributed by atoms with van der Waals surface area (Å²) < 4.78 is 15.6. The quantitative estimate of drug-likeness (QED) is 0.685. The molecule has 3 N–H and O–H groups in total. The van der Waals surface area contributed by atoms with Crippen LogP contribution >= 0.6 is 0 Å². The van der Waals surface area contributed by atoms with Gasteiger partial charge in [-0.1, -0.05) is 0 Å². The molecule has 27 heavy (non-hydrogen) atoms. The largest absolute Gasteiger partial charge is 0.493 e. The van der Waals surface area contributed by atoms with Gasteiger partial charge in [-0.05, 0) is 49.4 Å². The number of methoxy groups -OCH3 is 1. The number of ether oxygens (including phenoxy) is 3. The lowest BCUT2D eigenvalue weighted by atomic mass is 10.2. The maximum Gasteiger partial charge on any atom is 0.338 e. The first-order valence-corrected chi connectivity index (χ1v) is 8.12. The molecule has 0 unspecified atom stereocenters. The van der Waals surface area contributed by atoms with Crippen molar-refractivity contribution in [2.24, 2.45) is 5.73 Å². The van der Waals surface area contributed by atoms with Crippen LogP contribution in [0.4, 0.5) is 5.69 Å². The number of hydrogen-bond donors (Lipinski definition) is 2. The molecule has 2 amide bonds. The molecule has 0 aliphatic rings. The molecule has 142 valence electrons. The van der Waals surface area contributed by atoms with Gasteiger partial charge in [-0.2, -0.15) is 0 Å². The van der Waals surface area contributed by atoms with Gasteiger partial charge in [-0.15, -0.1) is 0 Å². The summed E-state index contributed by atoms with van der Waals surface area (Å²) in [4.78, 5) is 35.0. The molecule has 0 saturated heterocycles. The first-order chi connectivity index (χ1) is 12.9. The number of primary amides is 1. The summed E-state index contributed by atoms with van der Waals surface area (Å²) in [5, 5.41) is 2.55. The van der Waals surface area contributed by atoms with E-state index in [1.165, 1.54) is 43.5 Å². The lowest BCUT2D eigenvalue weighted by molar-refractivity contribution is -0.119. The molecular weight excluding hydrogens is 352 g/mol. The highest BCUT2D eigenvalue weighted by Crippen LogP contribution is 2.28. The predicted molar refractivity (Wildman–Crippen MR) is 98.0 cm³/mol. The van der Waals surface area contributed by atoms with E-state index in [-0.39, 0.29) is 5.56 Å². The van der Waals surface area contributed by atoms with Crippen LogP contribution in [-0.2, 0) is 9.53 Å². The zero-order valence-corrected chi connectivity index (χ0v) is 15.0. The molecule has 0 fully saturated rings. The molecule has 2 aromatic rings. The topological polar surface area (TPSA) is 117 Å². The number of carbonyl (C=O) groups is 3. The highest BCUT2D eigenvalue weighted by molar-refractivity contribution is 5.97. The van der Waals surface area contributed by atoms with E-state index in [0.29, 0.717) is 29.4 Å². The van der Waals surface area contributed by atoms with Crippen molar-refractivity contribution in [1.29, 1.82) is 0 Å². The summed E-state index contributed by atoms with van der Waals surface area (Å²) in [6.07, 6.45) is 0. The van der Waals surface area contributed by atoms with Crippen LogP contribution in [0.1, 0.15) is 27.6 Å². The van der Waals surface area contributed by atoms with Crippen molar-refractivity contribution >= 4 is 23.5 Å². The van der Waals surface area contributed by atoms with Crippen molar-refractivity contribution in [2.75, 3.05) is 25.6 Å². The van der Waals surface area contributed by atoms with E-state index in [2.05, 4.69) is 5.32 Å². The van der Waals surface area contributed by atoms with Crippen LogP contribution in [0.2, 0.25) is 0 Å². The fraction of sp³-hybridized carbons (Fsp3) is 0.211. The Hall–Kier alpha value is -3.55. The van der Waals surface area contributed by atoms with E-state index in [0.717, 1.165) is 0 Å². The summed E-state index contributed by atoms with van der Waals surface area (Å²) in [5.41, 5.74) is 6.15. The summed E-state index contributed by atoms with van der Waals surface area (Å²) in [7, 11) is 1.46. The second-order valence-corrected chi connectivity index (χ2v) is 5.36. The third kappa shape index (κ3) is 5.46. The van der Waals surface area contributed by atoms with E-state index < -0.39 is 24.4 Å². The van der Waals surface area contributed by atoms with E-state index in [1.807, 2.05) is 6.92 Å². The zero-order valence-electron chi connectivity index (χ0n) is 15.0. The van der Waals surface area contributed by atoms with Crippen LogP contribution in [0.15, 0.2) is 42.5 Å². The predicted octanol–water partition coefficient (Wildman–Crippen LogP) is 1.99. The Bertz CT molecular complexity index is 833. The summed E-state index contributed by atoms with van der Waals surface area (Å²) >= 11 is 0. The maximum atomic E-state index is 12.1. The molecule has 0 atom stereocenters. The standard InChI is InChI=1S/C19H20N2O6/c1-3-26-15-9-6-13(10-16(15)25-2)19(24)27-11-17(22)21-14-7-4-12(5-8-14)18(20)23/h4-10H,3,11H2,1-2H3,(H2,20,23)(H,21,22). The number of hydrogen-bond acceptors (Lipinski definition) is 6. The van der Waals surface area contributed by atoms with Gasteiger partial charge in [0.1, 0.15) is 0 Å². The maximum absolute atomic E-state index is 12.1. The van der Waals surface area contributed by atoms with Crippen LogP contribution in [0, 0.1) is 0 Å². The number of nitrogens with two attached hydrogens (primary N) is 1. The zero-order chi connectivity index (χ0) is 19.8. The van der Waals surface area contributed by atoms with Crippen molar-refractivity contribution in [3.05, 3.63) is 53.6 Å². The van der Waals surface area contributed by atoms with Crippen molar-refractivity contribution in [3.63, 3.8) is 0 Å². The van der Waals surface area contributed by atoms with Crippen molar-refractivity contribution in [1.82, 2.24) is 0 Å². The normalized spacial score (nSPS) is 10.0. The number of esters is 1. The van der Waals surface area contributed by atoms with Gasteiger partial charge < -0.3 is 25.3 Å². The van der Waals surface area contributed by atoms with Crippen molar-refractivity contribution in [3.8, 4) is 11.5 Å². The number of anilines is 1. The lowest BCUT2D eigenvalue weighted by Crippen LogP contribution is -2.21. The minimum absolute atomic E-state index is 0.230. The van der Waals surface area contributed by atoms with Gasteiger partial charge in [0.2, 0.25) is 5.91 Å². The molecule has 8 nitrogen and oxygen atoms in total. The number of benzene rings is 2. The number of rotatable bonds is 8. The van der Waals surface area contributed by atoms with E-state index >= 15 is 0 Å². The first kappa shape index (κ1) is 19.8. The molecular formula is C19H20N2O6. The van der Waals surface area contributed by atoms with Gasteiger partial charge in [0.25, 0.3) is 5.91 Å². The summed E-state index contributed by atoms with van der Waals surface area (Å²) in [5.74, 6) is -0.852.